The highest BCUT2D eigenvalue weighted by molar-refractivity contribution is 9.10. The molecule has 0 aromatic heterocycles. The first kappa shape index (κ1) is 19.7. The molecule has 2 nitrogen and oxygen atoms in total. The lowest BCUT2D eigenvalue weighted by Gasteiger charge is -2.28. The number of carbonyl (C=O) groups excluding carboxylic acids is 1. The van der Waals surface area contributed by atoms with E-state index in [1.807, 2.05) is 84.9 Å². The molecule has 0 aliphatic carbocycles. The van der Waals surface area contributed by atoms with Gasteiger partial charge in [-0.1, -0.05) is 88.4 Å². The van der Waals surface area contributed by atoms with Gasteiger partial charge in [-0.25, -0.2) is 0 Å². The SMILES string of the molecule is C=CCN(C(=O)c1ccccc1)C(C#Cc1ccccc1)c1ccccc1Br. The van der Waals surface area contributed by atoms with Crippen LogP contribution in [0.15, 0.2) is 102 Å². The van der Waals surface area contributed by atoms with E-state index in [1.165, 1.54) is 0 Å². The summed E-state index contributed by atoms with van der Waals surface area (Å²) in [7, 11) is 0. The van der Waals surface area contributed by atoms with Gasteiger partial charge < -0.3 is 4.90 Å². The van der Waals surface area contributed by atoms with E-state index in [-0.39, 0.29) is 5.91 Å². The second-order valence-electron chi connectivity index (χ2n) is 6.17. The Labute approximate surface area is 174 Å². The highest BCUT2D eigenvalue weighted by atomic mass is 79.9. The summed E-state index contributed by atoms with van der Waals surface area (Å²) in [5, 5.41) is 0. The largest absolute Gasteiger partial charge is 0.317 e. The lowest BCUT2D eigenvalue weighted by Crippen LogP contribution is -2.34. The number of carbonyl (C=O) groups is 1. The van der Waals surface area contributed by atoms with Crippen molar-refractivity contribution in [1.82, 2.24) is 4.90 Å². The normalized spacial score (nSPS) is 11.0. The molecule has 28 heavy (non-hydrogen) atoms. The smallest absolute Gasteiger partial charge is 0.255 e. The maximum Gasteiger partial charge on any atom is 0.255 e. The summed E-state index contributed by atoms with van der Waals surface area (Å²) >= 11 is 3.62. The lowest BCUT2D eigenvalue weighted by molar-refractivity contribution is 0.0739. The monoisotopic (exact) mass is 429 g/mol. The fraction of sp³-hybridized carbons (Fsp3) is 0.0800. The van der Waals surface area contributed by atoms with Crippen LogP contribution >= 0.6 is 15.9 Å². The molecule has 3 rings (SSSR count). The minimum atomic E-state index is -0.415. The molecule has 0 spiro atoms. The Balaban J connectivity index is 2.07. The zero-order chi connectivity index (χ0) is 19.8. The van der Waals surface area contributed by atoms with Crippen molar-refractivity contribution >= 4 is 21.8 Å². The number of rotatable bonds is 5. The summed E-state index contributed by atoms with van der Waals surface area (Å²) in [5.41, 5.74) is 2.48. The van der Waals surface area contributed by atoms with E-state index >= 15 is 0 Å². The molecule has 3 aromatic carbocycles. The third kappa shape index (κ3) is 4.79. The first-order valence-electron chi connectivity index (χ1n) is 8.98. The standard InChI is InChI=1S/C25H20BrNO/c1-2-19-27(25(28)21-13-7-4-8-14-21)24(22-15-9-10-16-23(22)26)18-17-20-11-5-3-6-12-20/h2-16,24H,1,19H2. The first-order valence-corrected chi connectivity index (χ1v) is 9.78. The molecule has 1 amide bonds. The second kappa shape index (κ2) is 9.73. The van der Waals surface area contributed by atoms with Crippen molar-refractivity contribution < 1.29 is 4.79 Å². The topological polar surface area (TPSA) is 20.3 Å². The highest BCUT2D eigenvalue weighted by Crippen LogP contribution is 2.29. The fourth-order valence-corrected chi connectivity index (χ4v) is 3.39. The maximum atomic E-state index is 13.3. The van der Waals surface area contributed by atoms with E-state index in [4.69, 9.17) is 0 Å². The molecule has 0 aliphatic heterocycles. The molecule has 0 aliphatic rings. The number of amides is 1. The van der Waals surface area contributed by atoms with Gasteiger partial charge in [0.2, 0.25) is 0 Å². The maximum absolute atomic E-state index is 13.3. The molecule has 0 radical (unpaired) electrons. The Morgan fingerprint density at radius 3 is 2.21 bits per heavy atom. The van der Waals surface area contributed by atoms with Crippen LogP contribution in [0.5, 0.6) is 0 Å². The van der Waals surface area contributed by atoms with Gasteiger partial charge in [0, 0.05) is 27.7 Å². The van der Waals surface area contributed by atoms with E-state index < -0.39 is 6.04 Å². The van der Waals surface area contributed by atoms with Crippen molar-refractivity contribution in [2.75, 3.05) is 6.54 Å². The third-order valence-electron chi connectivity index (χ3n) is 4.25. The molecule has 3 aromatic rings. The van der Waals surface area contributed by atoms with Gasteiger partial charge in [0.1, 0.15) is 6.04 Å². The zero-order valence-electron chi connectivity index (χ0n) is 15.4. The number of nitrogens with zero attached hydrogens (tertiary/aromatic N) is 1. The molecule has 1 unspecified atom stereocenters. The predicted molar refractivity (Wildman–Crippen MR) is 118 cm³/mol. The summed E-state index contributed by atoms with van der Waals surface area (Å²) in [4.78, 5) is 15.0. The highest BCUT2D eigenvalue weighted by Gasteiger charge is 2.25. The molecule has 138 valence electrons. The van der Waals surface area contributed by atoms with Gasteiger partial charge in [0.15, 0.2) is 0 Å². The Kier molecular flexibility index (Phi) is 6.84. The van der Waals surface area contributed by atoms with Crippen molar-refractivity contribution in [2.24, 2.45) is 0 Å². The van der Waals surface area contributed by atoms with Crippen LogP contribution in [0.3, 0.4) is 0 Å². The van der Waals surface area contributed by atoms with Crippen LogP contribution < -0.4 is 0 Å². The van der Waals surface area contributed by atoms with Crippen molar-refractivity contribution in [3.05, 3.63) is 119 Å². The van der Waals surface area contributed by atoms with Crippen molar-refractivity contribution in [3.8, 4) is 11.8 Å². The summed E-state index contributed by atoms with van der Waals surface area (Å²) in [6.07, 6.45) is 1.73. The van der Waals surface area contributed by atoms with Gasteiger partial charge in [0.25, 0.3) is 5.91 Å². The molecule has 3 heteroatoms. The average molecular weight is 430 g/mol. The average Bonchev–Trinajstić information content (AvgIpc) is 2.75. The van der Waals surface area contributed by atoms with Gasteiger partial charge in [-0.15, -0.1) is 6.58 Å². The van der Waals surface area contributed by atoms with Crippen molar-refractivity contribution in [2.45, 2.75) is 6.04 Å². The number of benzene rings is 3. The summed E-state index contributed by atoms with van der Waals surface area (Å²) in [6, 6.07) is 26.5. The molecule has 0 fully saturated rings. The molecular weight excluding hydrogens is 410 g/mol. The second-order valence-corrected chi connectivity index (χ2v) is 7.03. The number of halogens is 1. The minimum absolute atomic E-state index is 0.0800. The zero-order valence-corrected chi connectivity index (χ0v) is 17.0. The first-order chi connectivity index (χ1) is 13.7. The predicted octanol–water partition coefficient (Wildman–Crippen LogP) is 5.87. The quantitative estimate of drug-likeness (QED) is 0.366. The molecule has 0 saturated carbocycles. The number of hydrogen-bond donors (Lipinski definition) is 0. The van der Waals surface area contributed by atoms with Crippen LogP contribution in [0.25, 0.3) is 0 Å². The van der Waals surface area contributed by atoms with Crippen LogP contribution in [0.4, 0.5) is 0 Å². The summed E-state index contributed by atoms with van der Waals surface area (Å²) in [6.45, 7) is 4.23. The van der Waals surface area contributed by atoms with E-state index in [0.29, 0.717) is 12.1 Å². The molecule has 0 N–H and O–H groups in total. The fourth-order valence-electron chi connectivity index (χ4n) is 2.88. The molecule has 1 atom stereocenters. The van der Waals surface area contributed by atoms with Crippen LogP contribution in [0.2, 0.25) is 0 Å². The van der Waals surface area contributed by atoms with Gasteiger partial charge in [-0.3, -0.25) is 4.79 Å². The molecule has 0 bridgehead atoms. The molecular formula is C25H20BrNO. The van der Waals surface area contributed by atoms with Crippen LogP contribution in [0, 0.1) is 11.8 Å². The van der Waals surface area contributed by atoms with Gasteiger partial charge in [-0.05, 0) is 30.3 Å². The van der Waals surface area contributed by atoms with E-state index in [0.717, 1.165) is 15.6 Å². The summed E-state index contributed by atoms with van der Waals surface area (Å²) < 4.78 is 0.914. The number of hydrogen-bond acceptors (Lipinski definition) is 1. The van der Waals surface area contributed by atoms with Crippen LogP contribution in [-0.2, 0) is 0 Å². The van der Waals surface area contributed by atoms with E-state index in [9.17, 15) is 4.79 Å². The Bertz CT molecular complexity index is 1000. The van der Waals surface area contributed by atoms with Crippen molar-refractivity contribution in [3.63, 3.8) is 0 Å². The molecule has 0 saturated heterocycles. The van der Waals surface area contributed by atoms with Gasteiger partial charge >= 0.3 is 0 Å². The van der Waals surface area contributed by atoms with E-state index in [2.05, 4.69) is 34.3 Å². The third-order valence-corrected chi connectivity index (χ3v) is 4.97. The van der Waals surface area contributed by atoms with E-state index in [1.54, 1.807) is 11.0 Å². The Hall–Kier alpha value is -3.09. The lowest BCUT2D eigenvalue weighted by atomic mass is 10.0. The van der Waals surface area contributed by atoms with Gasteiger partial charge in [0.05, 0.1) is 0 Å². The summed E-state index contributed by atoms with van der Waals surface area (Å²) in [5.74, 6) is 6.44. The van der Waals surface area contributed by atoms with Crippen LogP contribution in [0.1, 0.15) is 27.5 Å². The Morgan fingerprint density at radius 1 is 0.964 bits per heavy atom. The molecule has 0 heterocycles. The van der Waals surface area contributed by atoms with Crippen LogP contribution in [-0.4, -0.2) is 17.4 Å². The Morgan fingerprint density at radius 2 is 1.57 bits per heavy atom. The van der Waals surface area contributed by atoms with Crippen molar-refractivity contribution in [1.29, 1.82) is 0 Å². The van der Waals surface area contributed by atoms with Gasteiger partial charge in [-0.2, -0.15) is 0 Å². The minimum Gasteiger partial charge on any atom is -0.317 e.